The van der Waals surface area contributed by atoms with Crippen molar-refractivity contribution in [1.82, 2.24) is 25.2 Å². The molecule has 2 heterocycles. The van der Waals surface area contributed by atoms with Crippen molar-refractivity contribution in [2.75, 3.05) is 6.26 Å². The Bertz CT molecular complexity index is 2000. The van der Waals surface area contributed by atoms with Gasteiger partial charge in [-0.3, -0.25) is 9.59 Å². The lowest BCUT2D eigenvalue weighted by molar-refractivity contribution is 0.00683. The number of halogens is 2. The highest BCUT2D eigenvalue weighted by molar-refractivity contribution is 7.89. The molecule has 1 atom stereocenters. The first kappa shape index (κ1) is 32.7. The Morgan fingerprint density at radius 3 is 2.50 bits per heavy atom. The van der Waals surface area contributed by atoms with Gasteiger partial charge in [-0.15, -0.1) is 0 Å². The number of carbonyl (C=O) groups is 3. The van der Waals surface area contributed by atoms with Gasteiger partial charge < -0.3 is 15.4 Å². The van der Waals surface area contributed by atoms with E-state index in [0.717, 1.165) is 39.7 Å². The van der Waals surface area contributed by atoms with Crippen LogP contribution in [0.15, 0.2) is 42.6 Å². The van der Waals surface area contributed by atoms with Gasteiger partial charge in [0.2, 0.25) is 0 Å². The summed E-state index contributed by atoms with van der Waals surface area (Å²) in [5.74, 6) is -3.84. The summed E-state index contributed by atoms with van der Waals surface area (Å²) in [7, 11) is -3.50. The molecule has 0 saturated heterocycles. The van der Waals surface area contributed by atoms with Crippen molar-refractivity contribution in [3.63, 3.8) is 0 Å². The molecule has 14 heteroatoms. The van der Waals surface area contributed by atoms with E-state index in [1.54, 1.807) is 32.9 Å². The molecule has 2 N–H and O–H groups in total. The molecule has 0 radical (unpaired) electrons. The SMILES string of the molecule is Cc1c(C(=O)OC(C)(C)C)ccc2c1CC[C@@H]2NC(=O)c1cc(C(=O)NCc2ccc(F)c(CS(C)(=O)=O)c2)nc2c(F)cnn12. The van der Waals surface area contributed by atoms with Crippen LogP contribution in [0.3, 0.4) is 0 Å². The molecular formula is C32H33F2N5O6S. The molecule has 0 saturated carbocycles. The van der Waals surface area contributed by atoms with Crippen molar-refractivity contribution in [3.8, 4) is 0 Å². The fourth-order valence-electron chi connectivity index (χ4n) is 5.43. The number of rotatable bonds is 8. The summed E-state index contributed by atoms with van der Waals surface area (Å²) in [4.78, 5) is 43.5. The van der Waals surface area contributed by atoms with Crippen LogP contribution < -0.4 is 10.6 Å². The molecular weight excluding hydrogens is 620 g/mol. The van der Waals surface area contributed by atoms with E-state index in [-0.39, 0.29) is 29.1 Å². The third kappa shape index (κ3) is 7.06. The standard InChI is InChI=1S/C32H33F2N5O6S/c1-17-20-9-11-25(22(20)8-7-21(17)31(42)45-32(2,3)4)38-30(41)27-13-26(37-28-24(34)15-36-39(27)28)29(40)35-14-18-6-10-23(33)19(12-18)16-46(5,43)44/h6-8,10,12-13,15,25H,9,11,14,16H2,1-5H3,(H,35,40)(H,38,41)/t25-/m0/s1. The lowest BCUT2D eigenvalue weighted by Crippen LogP contribution is -2.31. The number of nitrogens with zero attached hydrogens (tertiary/aromatic N) is 3. The summed E-state index contributed by atoms with van der Waals surface area (Å²) < 4.78 is 58.6. The second-order valence-corrected chi connectivity index (χ2v) is 14.4. The first-order valence-corrected chi connectivity index (χ1v) is 16.5. The average molecular weight is 654 g/mol. The highest BCUT2D eigenvalue weighted by Gasteiger charge is 2.30. The number of amides is 2. The number of carbonyl (C=O) groups excluding carboxylic acids is 3. The summed E-state index contributed by atoms with van der Waals surface area (Å²) in [5, 5.41) is 9.46. The maximum Gasteiger partial charge on any atom is 0.338 e. The van der Waals surface area contributed by atoms with Crippen LogP contribution in [0.1, 0.15) is 92.4 Å². The van der Waals surface area contributed by atoms with Crippen molar-refractivity contribution in [2.24, 2.45) is 0 Å². The van der Waals surface area contributed by atoms with Gasteiger partial charge in [0.05, 0.1) is 23.6 Å². The number of ether oxygens (including phenoxy) is 1. The van der Waals surface area contributed by atoms with Crippen molar-refractivity contribution >= 4 is 33.3 Å². The Kier molecular flexibility index (Phi) is 8.69. The Balaban J connectivity index is 1.36. The predicted octanol–water partition coefficient (Wildman–Crippen LogP) is 4.16. The summed E-state index contributed by atoms with van der Waals surface area (Å²) in [6.45, 7) is 7.10. The van der Waals surface area contributed by atoms with Crippen LogP contribution in [0.4, 0.5) is 8.78 Å². The number of hydrogen-bond donors (Lipinski definition) is 2. The molecule has 0 unspecified atom stereocenters. The second kappa shape index (κ2) is 12.2. The highest BCUT2D eigenvalue weighted by atomic mass is 32.2. The monoisotopic (exact) mass is 653 g/mol. The van der Waals surface area contributed by atoms with E-state index in [4.69, 9.17) is 4.74 Å². The molecule has 242 valence electrons. The van der Waals surface area contributed by atoms with E-state index in [9.17, 15) is 31.6 Å². The van der Waals surface area contributed by atoms with Crippen molar-refractivity contribution in [2.45, 2.75) is 64.5 Å². The maximum absolute atomic E-state index is 14.6. The Labute approximate surface area is 264 Å². The fraction of sp³-hybridized carbons (Fsp3) is 0.344. The third-order valence-corrected chi connectivity index (χ3v) is 8.33. The van der Waals surface area contributed by atoms with Crippen LogP contribution in [-0.4, -0.2) is 52.7 Å². The van der Waals surface area contributed by atoms with Gasteiger partial charge >= 0.3 is 5.97 Å². The van der Waals surface area contributed by atoms with E-state index >= 15 is 0 Å². The zero-order chi connectivity index (χ0) is 33.6. The van der Waals surface area contributed by atoms with Gasteiger partial charge in [0.15, 0.2) is 21.3 Å². The molecule has 0 aliphatic heterocycles. The molecule has 1 aliphatic carbocycles. The molecule has 2 aromatic carbocycles. The zero-order valence-corrected chi connectivity index (χ0v) is 26.7. The van der Waals surface area contributed by atoms with Crippen LogP contribution >= 0.6 is 0 Å². The first-order valence-electron chi connectivity index (χ1n) is 14.4. The minimum Gasteiger partial charge on any atom is -0.456 e. The Morgan fingerprint density at radius 2 is 1.80 bits per heavy atom. The minimum absolute atomic E-state index is 0.0428. The molecule has 2 aromatic heterocycles. The second-order valence-electron chi connectivity index (χ2n) is 12.3. The van der Waals surface area contributed by atoms with Gasteiger partial charge in [-0.2, -0.15) is 5.10 Å². The van der Waals surface area contributed by atoms with Gasteiger partial charge in [-0.1, -0.05) is 18.2 Å². The molecule has 4 aromatic rings. The molecule has 0 fully saturated rings. The molecule has 0 bridgehead atoms. The number of hydrogen-bond acceptors (Lipinski definition) is 8. The van der Waals surface area contributed by atoms with Gasteiger partial charge in [0, 0.05) is 24.4 Å². The molecule has 0 spiro atoms. The third-order valence-electron chi connectivity index (χ3n) is 7.49. The zero-order valence-electron chi connectivity index (χ0n) is 25.9. The first-order chi connectivity index (χ1) is 21.5. The van der Waals surface area contributed by atoms with E-state index in [1.165, 1.54) is 18.2 Å². The Hall–Kier alpha value is -4.72. The number of aromatic nitrogens is 3. The van der Waals surface area contributed by atoms with Crippen molar-refractivity contribution in [3.05, 3.63) is 99.0 Å². The number of esters is 1. The van der Waals surface area contributed by atoms with E-state index in [0.29, 0.717) is 24.0 Å². The molecule has 2 amide bonds. The molecule has 1 aliphatic rings. The topological polar surface area (TPSA) is 149 Å². The van der Waals surface area contributed by atoms with Gasteiger partial charge in [-0.05, 0) is 74.9 Å². The largest absolute Gasteiger partial charge is 0.456 e. The van der Waals surface area contributed by atoms with Crippen molar-refractivity contribution < 1.29 is 36.3 Å². The van der Waals surface area contributed by atoms with E-state index < -0.39 is 56.7 Å². The van der Waals surface area contributed by atoms with Gasteiger partial charge in [0.1, 0.15) is 22.8 Å². The number of benzene rings is 2. The Morgan fingerprint density at radius 1 is 1.07 bits per heavy atom. The van der Waals surface area contributed by atoms with Crippen LogP contribution in [-0.2, 0) is 33.3 Å². The minimum atomic E-state index is -3.50. The fourth-order valence-corrected chi connectivity index (χ4v) is 6.22. The van der Waals surface area contributed by atoms with E-state index in [1.807, 2.05) is 6.92 Å². The van der Waals surface area contributed by atoms with Crippen LogP contribution in [0.5, 0.6) is 0 Å². The highest BCUT2D eigenvalue weighted by Crippen LogP contribution is 2.35. The van der Waals surface area contributed by atoms with Gasteiger partial charge in [0.25, 0.3) is 11.8 Å². The van der Waals surface area contributed by atoms with E-state index in [2.05, 4.69) is 20.7 Å². The van der Waals surface area contributed by atoms with Gasteiger partial charge in [-0.25, -0.2) is 31.5 Å². The smallest absolute Gasteiger partial charge is 0.338 e. The maximum atomic E-state index is 14.6. The predicted molar refractivity (Wildman–Crippen MR) is 164 cm³/mol. The quantitative estimate of drug-likeness (QED) is 0.270. The normalized spacial score (nSPS) is 14.6. The summed E-state index contributed by atoms with van der Waals surface area (Å²) in [6, 6.07) is 8.06. The van der Waals surface area contributed by atoms with Crippen molar-refractivity contribution in [1.29, 1.82) is 0 Å². The number of fused-ring (bicyclic) bond motifs is 2. The lowest BCUT2D eigenvalue weighted by Gasteiger charge is -2.21. The summed E-state index contributed by atoms with van der Waals surface area (Å²) in [6.07, 6.45) is 3.03. The molecule has 11 nitrogen and oxygen atoms in total. The number of sulfone groups is 1. The summed E-state index contributed by atoms with van der Waals surface area (Å²) in [5.41, 5.74) is 1.99. The lowest BCUT2D eigenvalue weighted by atomic mass is 9.97. The summed E-state index contributed by atoms with van der Waals surface area (Å²) >= 11 is 0. The molecule has 46 heavy (non-hydrogen) atoms. The number of nitrogens with one attached hydrogen (secondary N) is 2. The van der Waals surface area contributed by atoms with Crippen LogP contribution in [0.25, 0.3) is 5.65 Å². The molecule has 5 rings (SSSR count). The van der Waals surface area contributed by atoms with Crippen LogP contribution in [0.2, 0.25) is 0 Å². The average Bonchev–Trinajstić information content (AvgIpc) is 3.54. The van der Waals surface area contributed by atoms with Crippen LogP contribution in [0, 0.1) is 18.6 Å².